The molecule has 0 N–H and O–H groups in total. The molecule has 8 nitrogen and oxygen atoms in total. The first-order valence-electron chi connectivity index (χ1n) is 13.0. The molecule has 0 saturated carbocycles. The average Bonchev–Trinajstić information content (AvgIpc) is 3.50. The summed E-state index contributed by atoms with van der Waals surface area (Å²) in [6.45, 7) is 2.24. The normalized spacial score (nSPS) is 20.0. The van der Waals surface area contributed by atoms with Gasteiger partial charge in [0.1, 0.15) is 17.4 Å². The predicted molar refractivity (Wildman–Crippen MR) is 148 cm³/mol. The lowest BCUT2D eigenvalue weighted by molar-refractivity contribution is -0.126. The summed E-state index contributed by atoms with van der Waals surface area (Å²) in [6, 6.07) is 31.4. The van der Waals surface area contributed by atoms with Crippen LogP contribution in [0.5, 0.6) is 11.5 Å². The van der Waals surface area contributed by atoms with Crippen molar-refractivity contribution in [2.75, 3.05) is 16.6 Å². The van der Waals surface area contributed by atoms with Crippen molar-refractivity contribution >= 4 is 29.2 Å². The third kappa shape index (κ3) is 4.48. The van der Waals surface area contributed by atoms with E-state index >= 15 is 0 Å². The number of para-hydroxylation sites is 3. The van der Waals surface area contributed by atoms with Crippen molar-refractivity contribution in [2.24, 2.45) is 5.92 Å². The Morgan fingerprint density at radius 2 is 1.45 bits per heavy atom. The van der Waals surface area contributed by atoms with Gasteiger partial charge in [-0.05, 0) is 61.0 Å². The molecule has 2 aliphatic rings. The average molecular weight is 535 g/mol. The van der Waals surface area contributed by atoms with Gasteiger partial charge in [-0.15, -0.1) is 0 Å². The van der Waals surface area contributed by atoms with Gasteiger partial charge in [-0.1, -0.05) is 60.7 Å². The molecule has 0 aromatic heterocycles. The van der Waals surface area contributed by atoms with Crippen LogP contribution in [-0.4, -0.2) is 30.5 Å². The van der Waals surface area contributed by atoms with Gasteiger partial charge in [-0.25, -0.2) is 14.8 Å². The molecule has 8 heteroatoms. The summed E-state index contributed by atoms with van der Waals surface area (Å²) in [7, 11) is 0. The molecule has 2 saturated heterocycles. The van der Waals surface area contributed by atoms with E-state index in [9.17, 15) is 14.4 Å². The summed E-state index contributed by atoms with van der Waals surface area (Å²) in [5.74, 6) is -1.28. The molecular weight excluding hydrogens is 508 g/mol. The maximum atomic E-state index is 14.0. The number of anilines is 2. The lowest BCUT2D eigenvalue weighted by Gasteiger charge is -2.29. The minimum absolute atomic E-state index is 0.362. The van der Waals surface area contributed by atoms with Crippen molar-refractivity contribution in [1.29, 1.82) is 0 Å². The van der Waals surface area contributed by atoms with Crippen molar-refractivity contribution in [1.82, 2.24) is 0 Å². The summed E-state index contributed by atoms with van der Waals surface area (Å²) in [5, 5.41) is 1.63. The first kappa shape index (κ1) is 25.3. The molecule has 2 fully saturated rings. The highest BCUT2D eigenvalue weighted by Gasteiger charge is 2.60. The zero-order chi connectivity index (χ0) is 27.6. The molecule has 0 aliphatic carbocycles. The maximum Gasteiger partial charge on any atom is 0.343 e. The van der Waals surface area contributed by atoms with Crippen molar-refractivity contribution in [3.63, 3.8) is 0 Å². The number of hydroxylamine groups is 1. The van der Waals surface area contributed by atoms with Crippen LogP contribution >= 0.6 is 0 Å². The molecule has 2 heterocycles. The molecule has 3 atom stereocenters. The van der Waals surface area contributed by atoms with Gasteiger partial charge < -0.3 is 9.47 Å². The van der Waals surface area contributed by atoms with Gasteiger partial charge in [0.05, 0.1) is 29.6 Å². The zero-order valence-corrected chi connectivity index (χ0v) is 21.7. The lowest BCUT2D eigenvalue weighted by Crippen LogP contribution is -2.37. The largest absolute Gasteiger partial charge is 0.492 e. The second kappa shape index (κ2) is 10.7. The monoisotopic (exact) mass is 534 g/mol. The Bertz CT molecular complexity index is 1540. The smallest absolute Gasteiger partial charge is 0.343 e. The Hall–Kier alpha value is -4.95. The second-order valence-corrected chi connectivity index (χ2v) is 9.40. The summed E-state index contributed by atoms with van der Waals surface area (Å²) in [5.41, 5.74) is 2.28. The van der Waals surface area contributed by atoms with E-state index in [0.717, 1.165) is 5.56 Å². The van der Waals surface area contributed by atoms with Crippen LogP contribution in [0.15, 0.2) is 109 Å². The van der Waals surface area contributed by atoms with Gasteiger partial charge in [0.2, 0.25) is 5.91 Å². The molecule has 4 aromatic carbocycles. The number of amides is 2. The first-order valence-corrected chi connectivity index (χ1v) is 13.0. The van der Waals surface area contributed by atoms with Gasteiger partial charge >= 0.3 is 5.97 Å². The van der Waals surface area contributed by atoms with Gasteiger partial charge in [0.25, 0.3) is 5.91 Å². The highest BCUT2D eigenvalue weighted by atomic mass is 16.7. The number of fused-ring (bicyclic) bond motifs is 1. The molecule has 2 aliphatic heterocycles. The highest BCUT2D eigenvalue weighted by molar-refractivity contribution is 6.24. The molecule has 40 heavy (non-hydrogen) atoms. The summed E-state index contributed by atoms with van der Waals surface area (Å²) >= 11 is 0. The topological polar surface area (TPSA) is 85.4 Å². The van der Waals surface area contributed by atoms with Crippen LogP contribution < -0.4 is 19.4 Å². The quantitative estimate of drug-likeness (QED) is 0.179. The minimum atomic E-state index is -1.01. The lowest BCUT2D eigenvalue weighted by atomic mass is 9.90. The van der Waals surface area contributed by atoms with Crippen molar-refractivity contribution in [3.8, 4) is 11.5 Å². The summed E-state index contributed by atoms with van der Waals surface area (Å²) in [6.07, 6.45) is -1.01. The summed E-state index contributed by atoms with van der Waals surface area (Å²) < 4.78 is 11.2. The van der Waals surface area contributed by atoms with Crippen LogP contribution in [0.25, 0.3) is 0 Å². The van der Waals surface area contributed by atoms with Gasteiger partial charge in [-0.2, -0.15) is 0 Å². The Kier molecular flexibility index (Phi) is 6.76. The molecule has 200 valence electrons. The van der Waals surface area contributed by atoms with E-state index in [1.165, 1.54) is 4.90 Å². The van der Waals surface area contributed by atoms with Crippen LogP contribution in [0.3, 0.4) is 0 Å². The SMILES string of the molecule is CCOc1ccccc1N1C(=O)[C@@H]2[C@H](ON(c3ccccc3)[C@H]2c2ccc(OC(=O)c3ccccc3)cc2)C1=O. The van der Waals surface area contributed by atoms with E-state index in [0.29, 0.717) is 35.0 Å². The standard InChI is InChI=1S/C32H26N2O6/c1-2-38-26-16-10-9-15-25(26)33-30(35)27-28(34(40-29(27)31(33)36)23-13-7-4-8-14-23)21-17-19-24(20-18-21)39-32(37)22-11-5-3-6-12-22/h3-20,27-29H,2H2,1H3/t27-,28-,29-/m0/s1. The van der Waals surface area contributed by atoms with Crippen LogP contribution in [0, 0.1) is 5.92 Å². The summed E-state index contributed by atoms with van der Waals surface area (Å²) in [4.78, 5) is 47.5. The van der Waals surface area contributed by atoms with Gasteiger partial charge in [0, 0.05) is 0 Å². The number of ether oxygens (including phenoxy) is 2. The Balaban J connectivity index is 1.34. The third-order valence-corrected chi connectivity index (χ3v) is 6.97. The fourth-order valence-corrected chi connectivity index (χ4v) is 5.18. The molecule has 0 bridgehead atoms. The van der Waals surface area contributed by atoms with Gasteiger partial charge in [-0.3, -0.25) is 14.4 Å². The van der Waals surface area contributed by atoms with Crippen LogP contribution in [0.2, 0.25) is 0 Å². The molecule has 0 spiro atoms. The number of hydrogen-bond acceptors (Lipinski definition) is 7. The third-order valence-electron chi connectivity index (χ3n) is 6.97. The maximum absolute atomic E-state index is 14.0. The van der Waals surface area contributed by atoms with Crippen molar-refractivity contribution in [2.45, 2.75) is 19.1 Å². The molecule has 0 radical (unpaired) electrons. The van der Waals surface area contributed by atoms with Gasteiger partial charge in [0.15, 0.2) is 6.10 Å². The Morgan fingerprint density at radius 1 is 0.800 bits per heavy atom. The first-order chi connectivity index (χ1) is 19.6. The van der Waals surface area contributed by atoms with E-state index in [1.807, 2.05) is 43.3 Å². The van der Waals surface area contributed by atoms with E-state index in [4.69, 9.17) is 14.3 Å². The number of rotatable bonds is 7. The van der Waals surface area contributed by atoms with E-state index in [2.05, 4.69) is 0 Å². The number of esters is 1. The molecule has 6 rings (SSSR count). The fraction of sp³-hybridized carbons (Fsp3) is 0.156. The number of benzene rings is 4. The highest BCUT2D eigenvalue weighted by Crippen LogP contribution is 2.48. The van der Waals surface area contributed by atoms with E-state index < -0.39 is 29.9 Å². The van der Waals surface area contributed by atoms with E-state index in [1.54, 1.807) is 77.9 Å². The minimum Gasteiger partial charge on any atom is -0.492 e. The molecule has 0 unspecified atom stereocenters. The van der Waals surface area contributed by atoms with Crippen LogP contribution in [-0.2, 0) is 14.4 Å². The number of carbonyl (C=O) groups excluding carboxylic acids is 3. The number of hydrogen-bond donors (Lipinski definition) is 0. The fourth-order valence-electron chi connectivity index (χ4n) is 5.18. The zero-order valence-electron chi connectivity index (χ0n) is 21.7. The Morgan fingerprint density at radius 3 is 2.15 bits per heavy atom. The van der Waals surface area contributed by atoms with E-state index in [-0.39, 0.29) is 5.91 Å². The number of carbonyl (C=O) groups is 3. The molecule has 2 amide bonds. The molecule has 4 aromatic rings. The number of nitrogens with zero attached hydrogens (tertiary/aromatic N) is 2. The Labute approximate surface area is 231 Å². The van der Waals surface area contributed by atoms with Crippen LogP contribution in [0.1, 0.15) is 28.9 Å². The van der Waals surface area contributed by atoms with Crippen LogP contribution in [0.4, 0.5) is 11.4 Å². The predicted octanol–water partition coefficient (Wildman–Crippen LogP) is 5.36. The second-order valence-electron chi connectivity index (χ2n) is 9.40. The molecular formula is C32H26N2O6. The van der Waals surface area contributed by atoms with Crippen molar-refractivity contribution in [3.05, 3.63) is 120 Å². The van der Waals surface area contributed by atoms with Crippen molar-refractivity contribution < 1.29 is 28.7 Å². The number of imide groups is 1.